The predicted molar refractivity (Wildman–Crippen MR) is 86.2 cm³/mol. The van der Waals surface area contributed by atoms with Gasteiger partial charge in [-0.15, -0.1) is 0 Å². The van der Waals surface area contributed by atoms with Crippen LogP contribution in [0.2, 0.25) is 0 Å². The largest absolute Gasteiger partial charge is 0.576 e. The highest BCUT2D eigenvalue weighted by atomic mass is 16.6. The lowest BCUT2D eigenvalue weighted by atomic mass is 10.2. The highest BCUT2D eigenvalue weighted by molar-refractivity contribution is 6.21. The minimum absolute atomic E-state index is 0.0380. The molecular formula is C16H19BO6. The summed E-state index contributed by atoms with van der Waals surface area (Å²) in [5, 5.41) is 18.2. The van der Waals surface area contributed by atoms with Gasteiger partial charge in [0.2, 0.25) is 0 Å². The Hall–Kier alpha value is -2.38. The Balaban J connectivity index is 2.02. The number of ether oxygens (including phenoxy) is 2. The normalized spacial score (nSPS) is 10.1. The number of methoxy groups -OCH3 is 2. The number of rotatable bonds is 8. The molecule has 0 aromatic heterocycles. The van der Waals surface area contributed by atoms with Gasteiger partial charge in [0.25, 0.3) is 0 Å². The molecular weight excluding hydrogens is 299 g/mol. The third kappa shape index (κ3) is 4.31. The Morgan fingerprint density at radius 1 is 0.739 bits per heavy atom. The molecule has 7 heteroatoms. The van der Waals surface area contributed by atoms with E-state index in [0.29, 0.717) is 23.0 Å². The lowest BCUT2D eigenvalue weighted by Crippen LogP contribution is -2.12. The molecule has 0 saturated carbocycles. The molecule has 2 rings (SSSR count). The topological polar surface area (TPSA) is 77.4 Å². The fourth-order valence-corrected chi connectivity index (χ4v) is 2.02. The van der Waals surface area contributed by atoms with Crippen LogP contribution in [0.4, 0.5) is 0 Å². The minimum atomic E-state index is -0.0679. The molecule has 0 saturated heterocycles. The van der Waals surface area contributed by atoms with Crippen LogP contribution < -0.4 is 18.8 Å². The van der Waals surface area contributed by atoms with Gasteiger partial charge in [-0.1, -0.05) is 12.1 Å². The summed E-state index contributed by atoms with van der Waals surface area (Å²) in [6, 6.07) is 10.3. The lowest BCUT2D eigenvalue weighted by Gasteiger charge is -2.14. The van der Waals surface area contributed by atoms with Gasteiger partial charge in [0.1, 0.15) is 11.5 Å². The van der Waals surface area contributed by atoms with Crippen molar-refractivity contribution in [2.75, 3.05) is 14.2 Å². The summed E-state index contributed by atoms with van der Waals surface area (Å²) in [6.07, 6.45) is 0. The molecule has 0 amide bonds. The van der Waals surface area contributed by atoms with Crippen LogP contribution in [-0.2, 0) is 13.2 Å². The maximum atomic E-state index is 9.12. The second-order valence-corrected chi connectivity index (χ2v) is 4.69. The molecule has 0 aliphatic carbocycles. The Kier molecular flexibility index (Phi) is 6.14. The van der Waals surface area contributed by atoms with Gasteiger partial charge in [-0.25, -0.2) is 0 Å². The Labute approximate surface area is 135 Å². The molecule has 0 aliphatic heterocycles. The molecule has 23 heavy (non-hydrogen) atoms. The number of aliphatic hydroxyl groups is 2. The van der Waals surface area contributed by atoms with Crippen molar-refractivity contribution >= 4 is 7.69 Å². The Bertz CT molecular complexity index is 591. The van der Waals surface area contributed by atoms with E-state index in [0.717, 1.165) is 11.1 Å². The maximum absolute atomic E-state index is 9.12. The standard InChI is InChI=1S/C16H19BO6/c1-20-15-7-11(9-18)3-5-13(15)22-17-23-14-6-4-12(10-19)8-16(14)21-2/h3-8,17-19H,9-10H2,1-2H3. The van der Waals surface area contributed by atoms with Crippen LogP contribution in [-0.4, -0.2) is 32.1 Å². The number of aliphatic hydroxyl groups excluding tert-OH is 2. The summed E-state index contributed by atoms with van der Waals surface area (Å²) in [6.45, 7) is -0.136. The van der Waals surface area contributed by atoms with Crippen molar-refractivity contribution in [2.24, 2.45) is 0 Å². The second-order valence-electron chi connectivity index (χ2n) is 4.69. The molecule has 0 aliphatic rings. The summed E-state index contributed by atoms with van der Waals surface area (Å²) in [5.41, 5.74) is 1.47. The molecule has 0 bridgehead atoms. The number of benzene rings is 2. The van der Waals surface area contributed by atoms with Crippen molar-refractivity contribution in [3.05, 3.63) is 47.5 Å². The lowest BCUT2D eigenvalue weighted by molar-refractivity contribution is 0.280. The molecule has 0 fully saturated rings. The van der Waals surface area contributed by atoms with E-state index in [-0.39, 0.29) is 20.9 Å². The van der Waals surface area contributed by atoms with Gasteiger partial charge < -0.3 is 29.0 Å². The number of hydrogen-bond donors (Lipinski definition) is 2. The first kappa shape index (κ1) is 17.0. The molecule has 0 spiro atoms. The Morgan fingerprint density at radius 2 is 1.17 bits per heavy atom. The van der Waals surface area contributed by atoms with E-state index in [1.165, 1.54) is 14.2 Å². The summed E-state index contributed by atoms with van der Waals surface area (Å²) in [4.78, 5) is 0. The van der Waals surface area contributed by atoms with Gasteiger partial charge in [0.05, 0.1) is 27.4 Å². The van der Waals surface area contributed by atoms with Crippen molar-refractivity contribution in [1.29, 1.82) is 0 Å². The van der Waals surface area contributed by atoms with Crippen LogP contribution in [0.1, 0.15) is 11.1 Å². The van der Waals surface area contributed by atoms with E-state index < -0.39 is 0 Å². The highest BCUT2D eigenvalue weighted by Gasteiger charge is 2.10. The fourth-order valence-electron chi connectivity index (χ4n) is 2.02. The van der Waals surface area contributed by atoms with Gasteiger partial charge in [-0.05, 0) is 35.4 Å². The zero-order valence-corrected chi connectivity index (χ0v) is 13.1. The van der Waals surface area contributed by atoms with Crippen LogP contribution in [0.5, 0.6) is 23.0 Å². The van der Waals surface area contributed by atoms with Crippen LogP contribution in [0.15, 0.2) is 36.4 Å². The zero-order chi connectivity index (χ0) is 16.7. The van der Waals surface area contributed by atoms with Crippen molar-refractivity contribution in [3.8, 4) is 23.0 Å². The van der Waals surface area contributed by atoms with Crippen LogP contribution in [0, 0.1) is 0 Å². The molecule has 2 aromatic rings. The average molecular weight is 318 g/mol. The highest BCUT2D eigenvalue weighted by Crippen LogP contribution is 2.30. The number of hydrogen-bond acceptors (Lipinski definition) is 6. The van der Waals surface area contributed by atoms with Crippen molar-refractivity contribution < 1.29 is 29.0 Å². The van der Waals surface area contributed by atoms with E-state index in [4.69, 9.17) is 29.0 Å². The fraction of sp³-hybridized carbons (Fsp3) is 0.250. The SMILES string of the molecule is COc1cc(CO)ccc1OBOc1ccc(CO)cc1OC. The minimum Gasteiger partial charge on any atom is -0.526 e. The maximum Gasteiger partial charge on any atom is 0.576 e. The van der Waals surface area contributed by atoms with Crippen LogP contribution in [0.3, 0.4) is 0 Å². The zero-order valence-electron chi connectivity index (χ0n) is 13.1. The summed E-state index contributed by atoms with van der Waals surface area (Å²) in [7, 11) is 3.02. The Morgan fingerprint density at radius 3 is 1.52 bits per heavy atom. The predicted octanol–water partition coefficient (Wildman–Crippen LogP) is 1.41. The summed E-state index contributed by atoms with van der Waals surface area (Å²) >= 11 is 0. The molecule has 6 nitrogen and oxygen atoms in total. The van der Waals surface area contributed by atoms with Crippen molar-refractivity contribution in [1.82, 2.24) is 0 Å². The van der Waals surface area contributed by atoms with Crippen LogP contribution in [0.25, 0.3) is 0 Å². The first-order valence-electron chi connectivity index (χ1n) is 7.03. The van der Waals surface area contributed by atoms with E-state index in [9.17, 15) is 0 Å². The van der Waals surface area contributed by atoms with Crippen LogP contribution >= 0.6 is 0 Å². The smallest absolute Gasteiger partial charge is 0.526 e. The van der Waals surface area contributed by atoms with Crippen molar-refractivity contribution in [3.63, 3.8) is 0 Å². The molecule has 0 unspecified atom stereocenters. The first-order valence-corrected chi connectivity index (χ1v) is 7.03. The molecule has 2 aromatic carbocycles. The van der Waals surface area contributed by atoms with E-state index >= 15 is 0 Å². The molecule has 122 valence electrons. The second kappa shape index (κ2) is 8.31. The first-order chi connectivity index (χ1) is 11.2. The summed E-state index contributed by atoms with van der Waals surface area (Å²) < 4.78 is 21.6. The quantitative estimate of drug-likeness (QED) is 0.717. The van der Waals surface area contributed by atoms with E-state index in [2.05, 4.69) is 0 Å². The molecule has 0 atom stereocenters. The van der Waals surface area contributed by atoms with Gasteiger partial charge in [-0.3, -0.25) is 0 Å². The van der Waals surface area contributed by atoms with E-state index in [1.54, 1.807) is 36.4 Å². The molecule has 2 N–H and O–H groups in total. The van der Waals surface area contributed by atoms with Crippen molar-refractivity contribution in [2.45, 2.75) is 13.2 Å². The molecule has 0 heterocycles. The van der Waals surface area contributed by atoms with E-state index in [1.807, 2.05) is 0 Å². The van der Waals surface area contributed by atoms with Gasteiger partial charge in [-0.2, -0.15) is 0 Å². The van der Waals surface area contributed by atoms with Gasteiger partial charge >= 0.3 is 7.69 Å². The third-order valence-corrected chi connectivity index (χ3v) is 3.25. The average Bonchev–Trinajstić information content (AvgIpc) is 2.61. The monoisotopic (exact) mass is 318 g/mol. The van der Waals surface area contributed by atoms with Gasteiger partial charge in [0, 0.05) is 0 Å². The summed E-state index contributed by atoms with van der Waals surface area (Å²) in [5.74, 6) is 2.05. The third-order valence-electron chi connectivity index (χ3n) is 3.25. The van der Waals surface area contributed by atoms with Gasteiger partial charge in [0.15, 0.2) is 11.5 Å². The molecule has 0 radical (unpaired) electrons.